The van der Waals surface area contributed by atoms with Gasteiger partial charge in [0.05, 0.1) is 5.56 Å². The summed E-state index contributed by atoms with van der Waals surface area (Å²) in [6.45, 7) is 0.452. The average molecular weight is 407 g/mol. The molecule has 0 radical (unpaired) electrons. The molecule has 1 aromatic heterocycles. The first-order valence-electron chi connectivity index (χ1n) is 8.18. The zero-order valence-corrected chi connectivity index (χ0v) is 15.4. The number of carbonyl (C=O) groups is 1. The number of benzene rings is 3. The second-order valence-corrected chi connectivity index (χ2v) is 6.70. The Kier molecular flexibility index (Phi) is 4.54. The molecule has 0 atom stereocenters. The lowest BCUT2D eigenvalue weighted by Crippen LogP contribution is -2.23. The van der Waals surface area contributed by atoms with E-state index < -0.39 is 0 Å². The number of carbonyl (C=O) groups excluding carboxylic acids is 1. The monoisotopic (exact) mass is 406 g/mol. The fourth-order valence-electron chi connectivity index (χ4n) is 2.68. The number of rotatable bonds is 4. The van der Waals surface area contributed by atoms with Gasteiger partial charge in [-0.25, -0.2) is 4.98 Å². The van der Waals surface area contributed by atoms with Gasteiger partial charge in [-0.3, -0.25) is 4.79 Å². The first kappa shape index (κ1) is 16.5. The molecule has 0 unspecified atom stereocenters. The summed E-state index contributed by atoms with van der Waals surface area (Å²) in [5.74, 6) is 0.482. The fourth-order valence-corrected chi connectivity index (χ4v) is 3.15. The van der Waals surface area contributed by atoms with Crippen molar-refractivity contribution in [3.63, 3.8) is 0 Å². The molecule has 1 heterocycles. The van der Waals surface area contributed by atoms with Gasteiger partial charge in [-0.15, -0.1) is 0 Å². The molecule has 1 amide bonds. The van der Waals surface area contributed by atoms with Crippen molar-refractivity contribution in [2.24, 2.45) is 0 Å². The first-order valence-corrected chi connectivity index (χ1v) is 8.97. The van der Waals surface area contributed by atoms with Crippen LogP contribution in [0.5, 0.6) is 0 Å². The average Bonchev–Trinajstić information content (AvgIpc) is 3.11. The molecule has 26 heavy (non-hydrogen) atoms. The van der Waals surface area contributed by atoms with Gasteiger partial charge in [0.2, 0.25) is 5.89 Å². The first-order chi connectivity index (χ1) is 12.7. The summed E-state index contributed by atoms with van der Waals surface area (Å²) < 4.78 is 6.56. The number of halogens is 1. The molecule has 3 aromatic carbocycles. The molecule has 1 N–H and O–H groups in total. The number of aromatic nitrogens is 1. The Bertz CT molecular complexity index is 1040. The molecule has 0 saturated heterocycles. The van der Waals surface area contributed by atoms with E-state index in [9.17, 15) is 4.79 Å². The van der Waals surface area contributed by atoms with Crippen LogP contribution in [0.3, 0.4) is 0 Å². The van der Waals surface area contributed by atoms with E-state index in [1.807, 2.05) is 66.7 Å². The summed E-state index contributed by atoms with van der Waals surface area (Å²) in [6, 6.07) is 22.9. The third-order valence-corrected chi connectivity index (χ3v) is 4.76. The van der Waals surface area contributed by atoms with Crippen LogP contribution in [0.2, 0.25) is 0 Å². The molecule has 4 nitrogen and oxygen atoms in total. The Morgan fingerprint density at radius 1 is 0.962 bits per heavy atom. The minimum absolute atomic E-state index is 0.111. The van der Waals surface area contributed by atoms with Crippen LogP contribution in [-0.2, 0) is 6.54 Å². The van der Waals surface area contributed by atoms with Gasteiger partial charge >= 0.3 is 0 Å². The van der Waals surface area contributed by atoms with E-state index in [1.54, 1.807) is 6.07 Å². The molecule has 0 aliphatic rings. The van der Waals surface area contributed by atoms with Crippen molar-refractivity contribution in [1.29, 1.82) is 0 Å². The number of fused-ring (bicyclic) bond motifs is 1. The summed E-state index contributed by atoms with van der Waals surface area (Å²) in [6.07, 6.45) is 0. The normalized spacial score (nSPS) is 10.8. The number of para-hydroxylation sites is 2. The van der Waals surface area contributed by atoms with Gasteiger partial charge in [0.15, 0.2) is 5.58 Å². The SMILES string of the molecule is O=C(NCc1ccc(-c2nc3ccccc3o2)cc1)c1ccccc1Br. The van der Waals surface area contributed by atoms with Gasteiger partial charge in [-0.2, -0.15) is 0 Å². The molecule has 0 saturated carbocycles. The number of hydrogen-bond acceptors (Lipinski definition) is 3. The van der Waals surface area contributed by atoms with Crippen molar-refractivity contribution < 1.29 is 9.21 Å². The van der Waals surface area contributed by atoms with E-state index in [2.05, 4.69) is 26.2 Å². The van der Waals surface area contributed by atoms with Crippen LogP contribution in [0.4, 0.5) is 0 Å². The Balaban J connectivity index is 1.46. The van der Waals surface area contributed by atoms with Crippen LogP contribution in [0.15, 0.2) is 81.7 Å². The standard InChI is InChI=1S/C21H15BrN2O2/c22-17-6-2-1-5-16(17)20(25)23-13-14-9-11-15(12-10-14)21-24-18-7-3-4-8-19(18)26-21/h1-12H,13H2,(H,23,25). The summed E-state index contributed by atoms with van der Waals surface area (Å²) in [5.41, 5.74) is 4.14. The highest BCUT2D eigenvalue weighted by Crippen LogP contribution is 2.24. The Morgan fingerprint density at radius 3 is 2.46 bits per heavy atom. The van der Waals surface area contributed by atoms with E-state index in [0.29, 0.717) is 18.0 Å². The van der Waals surface area contributed by atoms with Gasteiger partial charge in [-0.1, -0.05) is 36.4 Å². The molecular weight excluding hydrogens is 392 g/mol. The lowest BCUT2D eigenvalue weighted by Gasteiger charge is -2.07. The lowest BCUT2D eigenvalue weighted by atomic mass is 10.1. The molecule has 5 heteroatoms. The molecule has 128 valence electrons. The van der Waals surface area contributed by atoms with E-state index in [4.69, 9.17) is 4.42 Å². The fraction of sp³-hybridized carbons (Fsp3) is 0.0476. The maximum Gasteiger partial charge on any atom is 0.252 e. The lowest BCUT2D eigenvalue weighted by molar-refractivity contribution is 0.0950. The number of nitrogens with zero attached hydrogens (tertiary/aromatic N) is 1. The van der Waals surface area contributed by atoms with Gasteiger partial charge < -0.3 is 9.73 Å². The number of nitrogens with one attached hydrogen (secondary N) is 1. The highest BCUT2D eigenvalue weighted by Gasteiger charge is 2.10. The quantitative estimate of drug-likeness (QED) is 0.507. The van der Waals surface area contributed by atoms with E-state index >= 15 is 0 Å². The number of amides is 1. The highest BCUT2D eigenvalue weighted by molar-refractivity contribution is 9.10. The minimum atomic E-state index is -0.111. The molecule has 4 rings (SSSR count). The van der Waals surface area contributed by atoms with Gasteiger partial charge in [0.25, 0.3) is 5.91 Å². The summed E-state index contributed by atoms with van der Waals surface area (Å²) in [5, 5.41) is 2.93. The molecule has 0 aliphatic carbocycles. The van der Waals surface area contributed by atoms with Crippen LogP contribution in [0, 0.1) is 0 Å². The van der Waals surface area contributed by atoms with Crippen molar-refractivity contribution >= 4 is 32.9 Å². The zero-order valence-electron chi connectivity index (χ0n) is 13.8. The van der Waals surface area contributed by atoms with Crippen molar-refractivity contribution in [3.05, 3.63) is 88.4 Å². The maximum absolute atomic E-state index is 12.3. The second-order valence-electron chi connectivity index (χ2n) is 5.85. The molecule has 0 bridgehead atoms. The largest absolute Gasteiger partial charge is 0.436 e. The molecule has 4 aromatic rings. The van der Waals surface area contributed by atoms with Gasteiger partial charge in [0, 0.05) is 16.6 Å². The van der Waals surface area contributed by atoms with Crippen molar-refractivity contribution in [2.75, 3.05) is 0 Å². The molecular formula is C21H15BrN2O2. The predicted molar refractivity (Wildman–Crippen MR) is 105 cm³/mol. The number of oxazole rings is 1. The van der Waals surface area contributed by atoms with Crippen LogP contribution < -0.4 is 5.32 Å². The smallest absolute Gasteiger partial charge is 0.252 e. The third kappa shape index (κ3) is 3.39. The summed E-state index contributed by atoms with van der Waals surface area (Å²) >= 11 is 3.39. The Morgan fingerprint density at radius 2 is 1.69 bits per heavy atom. The van der Waals surface area contributed by atoms with Crippen molar-refractivity contribution in [1.82, 2.24) is 10.3 Å². The van der Waals surface area contributed by atoms with Gasteiger partial charge in [-0.05, 0) is 57.9 Å². The second kappa shape index (κ2) is 7.14. The zero-order chi connectivity index (χ0) is 17.9. The van der Waals surface area contributed by atoms with E-state index in [1.165, 1.54) is 0 Å². The molecule has 0 spiro atoms. The maximum atomic E-state index is 12.3. The van der Waals surface area contributed by atoms with Crippen LogP contribution in [0.25, 0.3) is 22.6 Å². The molecule has 0 aliphatic heterocycles. The summed E-state index contributed by atoms with van der Waals surface area (Å²) in [4.78, 5) is 16.8. The van der Waals surface area contributed by atoms with Crippen molar-refractivity contribution in [3.8, 4) is 11.5 Å². The van der Waals surface area contributed by atoms with Crippen LogP contribution in [0.1, 0.15) is 15.9 Å². The highest BCUT2D eigenvalue weighted by atomic mass is 79.9. The number of hydrogen-bond donors (Lipinski definition) is 1. The van der Waals surface area contributed by atoms with Gasteiger partial charge in [0.1, 0.15) is 5.52 Å². The topological polar surface area (TPSA) is 55.1 Å². The van der Waals surface area contributed by atoms with Crippen molar-refractivity contribution in [2.45, 2.75) is 6.54 Å². The Hall–Kier alpha value is -2.92. The third-order valence-electron chi connectivity index (χ3n) is 4.07. The minimum Gasteiger partial charge on any atom is -0.436 e. The predicted octanol–water partition coefficient (Wildman–Crippen LogP) is 5.19. The van der Waals surface area contributed by atoms with E-state index in [-0.39, 0.29) is 5.91 Å². The van der Waals surface area contributed by atoms with Crippen LogP contribution >= 0.6 is 15.9 Å². The molecule has 0 fully saturated rings. The van der Waals surface area contributed by atoms with Crippen LogP contribution in [-0.4, -0.2) is 10.9 Å². The van der Waals surface area contributed by atoms with E-state index in [0.717, 1.165) is 26.7 Å². The Labute approximate surface area is 159 Å². The summed E-state index contributed by atoms with van der Waals surface area (Å²) in [7, 11) is 0.